The summed E-state index contributed by atoms with van der Waals surface area (Å²) in [4.78, 5) is 25.0. The Morgan fingerprint density at radius 3 is 2.45 bits per heavy atom. The average Bonchev–Trinajstić information content (AvgIpc) is 3.05. The summed E-state index contributed by atoms with van der Waals surface area (Å²) < 4.78 is 12.6. The number of fused-ring (bicyclic) bond motifs is 1. The number of carbonyl (C=O) groups is 1. The normalized spacial score (nSPS) is 11.0. The largest absolute Gasteiger partial charge is 0.497 e. The van der Waals surface area contributed by atoms with E-state index < -0.39 is 5.63 Å². The van der Waals surface area contributed by atoms with E-state index >= 15 is 0 Å². The van der Waals surface area contributed by atoms with E-state index in [1.54, 1.807) is 43.5 Å². The van der Waals surface area contributed by atoms with Gasteiger partial charge in [-0.2, -0.15) is 0 Å². The van der Waals surface area contributed by atoms with Crippen LogP contribution in [0.5, 0.6) is 5.75 Å². The summed E-state index contributed by atoms with van der Waals surface area (Å²) in [5.41, 5.74) is 2.98. The summed E-state index contributed by atoms with van der Waals surface area (Å²) in [6.45, 7) is 3.36. The van der Waals surface area contributed by atoms with Gasteiger partial charge in [0, 0.05) is 33.4 Å². The van der Waals surface area contributed by atoms with Gasteiger partial charge in [0.05, 0.1) is 18.4 Å². The minimum atomic E-state index is -0.492. The van der Waals surface area contributed by atoms with Gasteiger partial charge in [0.25, 0.3) is 0 Å². The van der Waals surface area contributed by atoms with Crippen LogP contribution in [-0.2, 0) is 0 Å². The number of hydrogen-bond donors (Lipinski definition) is 0. The van der Waals surface area contributed by atoms with Gasteiger partial charge in [-0.25, -0.2) is 4.79 Å². The lowest BCUT2D eigenvalue weighted by atomic mass is 10.1. The number of aromatic nitrogens is 1. The topological polar surface area (TPSA) is 61.4 Å². The van der Waals surface area contributed by atoms with E-state index in [0.717, 1.165) is 16.8 Å². The molecule has 2 heterocycles. The number of Topliss-reactive ketones (excluding diaryl/α,β-unsaturated/α-hetero) is 1. The van der Waals surface area contributed by atoms with E-state index in [0.29, 0.717) is 33.2 Å². The van der Waals surface area contributed by atoms with Crippen molar-refractivity contribution in [2.24, 2.45) is 0 Å². The molecule has 146 valence electrons. The maximum atomic E-state index is 12.8. The molecule has 2 aromatic carbocycles. The van der Waals surface area contributed by atoms with Crippen molar-refractivity contribution >= 4 is 28.4 Å². The van der Waals surface area contributed by atoms with Gasteiger partial charge in [-0.1, -0.05) is 11.6 Å². The first-order valence-electron chi connectivity index (χ1n) is 9.00. The standard InChI is InChI=1S/C23H18ClNO4/c1-13-19(14(2)26)12-21(25(13)17-7-5-16(24)6-8-17)20-10-15-4-9-18(28-3)11-22(15)29-23(20)27/h4-12H,1-3H3. The molecule has 29 heavy (non-hydrogen) atoms. The van der Waals surface area contributed by atoms with Crippen molar-refractivity contribution in [2.75, 3.05) is 7.11 Å². The van der Waals surface area contributed by atoms with Crippen LogP contribution in [0.4, 0.5) is 0 Å². The molecule has 0 aliphatic rings. The summed E-state index contributed by atoms with van der Waals surface area (Å²) >= 11 is 6.03. The lowest BCUT2D eigenvalue weighted by Crippen LogP contribution is -2.07. The number of benzene rings is 2. The first-order chi connectivity index (χ1) is 13.9. The molecule has 0 fully saturated rings. The maximum Gasteiger partial charge on any atom is 0.345 e. The Kier molecular flexibility index (Phi) is 4.76. The molecule has 0 N–H and O–H groups in total. The Balaban J connectivity index is 2.00. The second-order valence-corrected chi connectivity index (χ2v) is 7.18. The molecule has 0 saturated carbocycles. The molecule has 4 aromatic rings. The zero-order chi connectivity index (χ0) is 20.7. The van der Waals surface area contributed by atoms with Crippen molar-refractivity contribution in [1.82, 2.24) is 4.57 Å². The lowest BCUT2D eigenvalue weighted by molar-refractivity contribution is 0.101. The molecular formula is C23H18ClNO4. The van der Waals surface area contributed by atoms with Crippen LogP contribution in [0.15, 0.2) is 63.8 Å². The number of nitrogens with zero attached hydrogens (tertiary/aromatic N) is 1. The Hall–Kier alpha value is -3.31. The first-order valence-corrected chi connectivity index (χ1v) is 9.38. The van der Waals surface area contributed by atoms with Gasteiger partial charge in [-0.15, -0.1) is 0 Å². The number of rotatable bonds is 4. The van der Waals surface area contributed by atoms with Crippen LogP contribution in [0.1, 0.15) is 23.0 Å². The molecule has 0 unspecified atom stereocenters. The quantitative estimate of drug-likeness (QED) is 0.334. The van der Waals surface area contributed by atoms with Crippen LogP contribution in [0, 0.1) is 6.92 Å². The van der Waals surface area contributed by atoms with Crippen LogP contribution in [0.2, 0.25) is 5.02 Å². The SMILES string of the molecule is COc1ccc2cc(-c3cc(C(C)=O)c(C)n3-c3ccc(Cl)cc3)c(=O)oc2c1. The van der Waals surface area contributed by atoms with Crippen LogP contribution >= 0.6 is 11.6 Å². The number of carbonyl (C=O) groups excluding carboxylic acids is 1. The number of ketones is 1. The summed E-state index contributed by atoms with van der Waals surface area (Å²) in [7, 11) is 1.55. The molecule has 0 aliphatic heterocycles. The molecule has 2 aromatic heterocycles. The van der Waals surface area contributed by atoms with E-state index in [2.05, 4.69) is 0 Å². The second-order valence-electron chi connectivity index (χ2n) is 6.75. The highest BCUT2D eigenvalue weighted by Crippen LogP contribution is 2.31. The first kappa shape index (κ1) is 19.0. The zero-order valence-corrected chi connectivity index (χ0v) is 16.9. The van der Waals surface area contributed by atoms with E-state index in [-0.39, 0.29) is 5.78 Å². The van der Waals surface area contributed by atoms with Crippen molar-refractivity contribution in [2.45, 2.75) is 13.8 Å². The third-order valence-corrected chi connectivity index (χ3v) is 5.18. The van der Waals surface area contributed by atoms with Crippen molar-refractivity contribution < 1.29 is 13.9 Å². The Morgan fingerprint density at radius 2 is 1.79 bits per heavy atom. The molecule has 6 heteroatoms. The van der Waals surface area contributed by atoms with E-state index in [1.165, 1.54) is 6.92 Å². The minimum Gasteiger partial charge on any atom is -0.497 e. The average molecular weight is 408 g/mol. The van der Waals surface area contributed by atoms with Crippen LogP contribution in [-0.4, -0.2) is 17.5 Å². The van der Waals surface area contributed by atoms with Gasteiger partial charge in [-0.3, -0.25) is 4.79 Å². The number of methoxy groups -OCH3 is 1. The summed E-state index contributed by atoms with van der Waals surface area (Å²) in [5, 5.41) is 1.36. The zero-order valence-electron chi connectivity index (χ0n) is 16.2. The highest BCUT2D eigenvalue weighted by Gasteiger charge is 2.20. The molecule has 0 aliphatic carbocycles. The summed E-state index contributed by atoms with van der Waals surface area (Å²) in [6, 6.07) is 16.0. The van der Waals surface area contributed by atoms with Crippen molar-refractivity contribution in [3.63, 3.8) is 0 Å². The predicted molar refractivity (Wildman–Crippen MR) is 114 cm³/mol. The molecule has 0 spiro atoms. The Labute approximate surface area is 172 Å². The molecule has 0 atom stereocenters. The molecular weight excluding hydrogens is 390 g/mol. The van der Waals surface area contributed by atoms with E-state index in [4.69, 9.17) is 20.8 Å². The van der Waals surface area contributed by atoms with Gasteiger partial charge >= 0.3 is 5.63 Å². The Bertz CT molecular complexity index is 1300. The predicted octanol–water partition coefficient (Wildman–Crippen LogP) is 5.42. The Morgan fingerprint density at radius 1 is 1.07 bits per heavy atom. The van der Waals surface area contributed by atoms with Gasteiger partial charge in [0.15, 0.2) is 5.78 Å². The van der Waals surface area contributed by atoms with E-state index in [1.807, 2.05) is 29.7 Å². The maximum absolute atomic E-state index is 12.8. The lowest BCUT2D eigenvalue weighted by Gasteiger charge is -2.12. The molecule has 5 nitrogen and oxygen atoms in total. The third-order valence-electron chi connectivity index (χ3n) is 4.93. The number of halogens is 1. The molecule has 0 radical (unpaired) electrons. The van der Waals surface area contributed by atoms with Crippen molar-refractivity contribution in [1.29, 1.82) is 0 Å². The minimum absolute atomic E-state index is 0.0774. The summed E-state index contributed by atoms with van der Waals surface area (Å²) in [5.74, 6) is 0.527. The molecule has 0 amide bonds. The highest BCUT2D eigenvalue weighted by atomic mass is 35.5. The fourth-order valence-corrected chi connectivity index (χ4v) is 3.61. The van der Waals surface area contributed by atoms with Gasteiger partial charge in [0.2, 0.25) is 0 Å². The van der Waals surface area contributed by atoms with Crippen molar-refractivity contribution in [3.8, 4) is 22.7 Å². The fourth-order valence-electron chi connectivity index (χ4n) is 3.48. The third kappa shape index (κ3) is 3.34. The van der Waals surface area contributed by atoms with Crippen LogP contribution < -0.4 is 10.4 Å². The fraction of sp³-hybridized carbons (Fsp3) is 0.130. The van der Waals surface area contributed by atoms with Gasteiger partial charge < -0.3 is 13.7 Å². The monoisotopic (exact) mass is 407 g/mol. The van der Waals surface area contributed by atoms with Crippen LogP contribution in [0.3, 0.4) is 0 Å². The van der Waals surface area contributed by atoms with Crippen molar-refractivity contribution in [3.05, 3.63) is 81.3 Å². The summed E-state index contributed by atoms with van der Waals surface area (Å²) in [6.07, 6.45) is 0. The molecule has 0 bridgehead atoms. The number of ether oxygens (including phenoxy) is 1. The van der Waals surface area contributed by atoms with Crippen LogP contribution in [0.25, 0.3) is 27.9 Å². The number of hydrogen-bond acceptors (Lipinski definition) is 4. The smallest absolute Gasteiger partial charge is 0.345 e. The molecule has 4 rings (SSSR count). The second kappa shape index (κ2) is 7.26. The molecule has 0 saturated heterocycles. The van der Waals surface area contributed by atoms with Gasteiger partial charge in [-0.05, 0) is 62.4 Å². The van der Waals surface area contributed by atoms with Gasteiger partial charge in [0.1, 0.15) is 11.3 Å². The van der Waals surface area contributed by atoms with E-state index in [9.17, 15) is 9.59 Å². The highest BCUT2D eigenvalue weighted by molar-refractivity contribution is 6.30.